The summed E-state index contributed by atoms with van der Waals surface area (Å²) in [5, 5.41) is 0.855. The Morgan fingerprint density at radius 2 is 2.25 bits per heavy atom. The fourth-order valence-electron chi connectivity index (χ4n) is 1.73. The highest BCUT2D eigenvalue weighted by atomic mass is 32.1. The quantitative estimate of drug-likeness (QED) is 0.559. The average molecular weight is 231 g/mol. The maximum absolute atomic E-state index is 11.2. The molecule has 0 saturated carbocycles. The molecule has 1 saturated heterocycles. The fraction of sp³-hybridized carbons (Fsp3) is 0.167. The molecule has 0 radical (unpaired) electrons. The van der Waals surface area contributed by atoms with E-state index in [1.54, 1.807) is 11.3 Å². The minimum Gasteiger partial charge on any atom is -0.451 e. The Balaban J connectivity index is 2.01. The molecule has 3 rings (SSSR count). The predicted octanol–water partition coefficient (Wildman–Crippen LogP) is 2.84. The molecule has 1 unspecified atom stereocenters. The van der Waals surface area contributed by atoms with E-state index < -0.39 is 0 Å². The zero-order valence-electron chi connectivity index (χ0n) is 8.47. The lowest BCUT2D eigenvalue weighted by Crippen LogP contribution is -1.97. The van der Waals surface area contributed by atoms with Crippen LogP contribution in [0.5, 0.6) is 0 Å². The number of esters is 1. The van der Waals surface area contributed by atoms with Gasteiger partial charge in [-0.15, -0.1) is 11.3 Å². The monoisotopic (exact) mass is 231 g/mol. The summed E-state index contributed by atoms with van der Waals surface area (Å²) in [5.41, 5.74) is 1.49. The van der Waals surface area contributed by atoms with E-state index in [2.05, 4.69) is 11.6 Å². The highest BCUT2D eigenvalue weighted by molar-refractivity contribution is 7.18. The summed E-state index contributed by atoms with van der Waals surface area (Å²) in [7, 11) is 0. The largest absolute Gasteiger partial charge is 0.451 e. The van der Waals surface area contributed by atoms with Crippen LogP contribution in [0.25, 0.3) is 10.2 Å². The standard InChI is InChI=1S/C12H9NO2S/c1-7-6-9(15-12(7)14)11-13-8-4-2-3-5-10(8)16-11/h2-5,9H,1,6H2. The zero-order chi connectivity index (χ0) is 11.1. The van der Waals surface area contributed by atoms with Crippen LogP contribution in [0.3, 0.4) is 0 Å². The van der Waals surface area contributed by atoms with Gasteiger partial charge in [-0.1, -0.05) is 18.7 Å². The number of fused-ring (bicyclic) bond motifs is 1. The van der Waals surface area contributed by atoms with Crippen molar-refractivity contribution in [1.29, 1.82) is 0 Å². The van der Waals surface area contributed by atoms with Crippen LogP contribution in [0.1, 0.15) is 17.5 Å². The van der Waals surface area contributed by atoms with Crippen LogP contribution < -0.4 is 0 Å². The molecule has 0 aliphatic carbocycles. The van der Waals surface area contributed by atoms with Crippen molar-refractivity contribution in [3.8, 4) is 0 Å². The second kappa shape index (κ2) is 3.42. The molecule has 1 aliphatic heterocycles. The number of thiazole rings is 1. The van der Waals surface area contributed by atoms with Gasteiger partial charge in [-0.2, -0.15) is 0 Å². The molecule has 16 heavy (non-hydrogen) atoms. The van der Waals surface area contributed by atoms with E-state index in [0.29, 0.717) is 12.0 Å². The van der Waals surface area contributed by atoms with Crippen molar-refractivity contribution in [2.45, 2.75) is 12.5 Å². The maximum atomic E-state index is 11.2. The van der Waals surface area contributed by atoms with E-state index in [9.17, 15) is 4.79 Å². The molecule has 2 heterocycles. The molecule has 0 amide bonds. The van der Waals surface area contributed by atoms with E-state index in [-0.39, 0.29) is 12.1 Å². The van der Waals surface area contributed by atoms with Crippen molar-refractivity contribution in [2.24, 2.45) is 0 Å². The number of carbonyl (C=O) groups excluding carboxylic acids is 1. The molecular formula is C12H9NO2S. The molecule has 1 aromatic heterocycles. The summed E-state index contributed by atoms with van der Waals surface area (Å²) >= 11 is 1.57. The molecule has 0 N–H and O–H groups in total. The molecule has 1 aromatic carbocycles. The molecule has 4 heteroatoms. The lowest BCUT2D eigenvalue weighted by Gasteiger charge is -2.02. The van der Waals surface area contributed by atoms with Crippen LogP contribution in [0.15, 0.2) is 36.4 Å². The van der Waals surface area contributed by atoms with E-state index in [0.717, 1.165) is 15.2 Å². The van der Waals surface area contributed by atoms with E-state index in [1.165, 1.54) is 0 Å². The predicted molar refractivity (Wildman–Crippen MR) is 62.2 cm³/mol. The van der Waals surface area contributed by atoms with Crippen molar-refractivity contribution in [1.82, 2.24) is 4.98 Å². The third kappa shape index (κ3) is 1.42. The number of para-hydroxylation sites is 1. The van der Waals surface area contributed by atoms with Gasteiger partial charge in [-0.3, -0.25) is 0 Å². The number of cyclic esters (lactones) is 1. The Morgan fingerprint density at radius 3 is 2.94 bits per heavy atom. The van der Waals surface area contributed by atoms with Crippen molar-refractivity contribution >= 4 is 27.5 Å². The van der Waals surface area contributed by atoms with Gasteiger partial charge < -0.3 is 4.74 Å². The van der Waals surface area contributed by atoms with Crippen molar-refractivity contribution in [3.63, 3.8) is 0 Å². The highest BCUT2D eigenvalue weighted by Gasteiger charge is 2.30. The fourth-order valence-corrected chi connectivity index (χ4v) is 2.72. The number of hydrogen-bond acceptors (Lipinski definition) is 4. The summed E-state index contributed by atoms with van der Waals surface area (Å²) < 4.78 is 6.32. The molecule has 1 aliphatic rings. The molecular weight excluding hydrogens is 222 g/mol. The SMILES string of the molecule is C=C1CC(c2nc3ccccc3s2)OC1=O. The number of benzene rings is 1. The van der Waals surface area contributed by atoms with E-state index in [1.807, 2.05) is 24.3 Å². The first-order valence-corrected chi connectivity index (χ1v) is 5.80. The number of ether oxygens (including phenoxy) is 1. The van der Waals surface area contributed by atoms with Crippen LogP contribution in [0, 0.1) is 0 Å². The first-order valence-electron chi connectivity index (χ1n) is 4.98. The Labute approximate surface area is 96.4 Å². The van der Waals surface area contributed by atoms with Gasteiger partial charge in [0, 0.05) is 12.0 Å². The molecule has 1 fully saturated rings. The van der Waals surface area contributed by atoms with E-state index >= 15 is 0 Å². The second-order valence-corrected chi connectivity index (χ2v) is 4.78. The first-order chi connectivity index (χ1) is 7.74. The number of aromatic nitrogens is 1. The Kier molecular flexibility index (Phi) is 2.04. The lowest BCUT2D eigenvalue weighted by atomic mass is 10.2. The molecule has 1 atom stereocenters. The van der Waals surface area contributed by atoms with Crippen molar-refractivity contribution in [3.05, 3.63) is 41.4 Å². The smallest absolute Gasteiger partial charge is 0.334 e. The highest BCUT2D eigenvalue weighted by Crippen LogP contribution is 2.36. The topological polar surface area (TPSA) is 39.2 Å². The molecule has 3 nitrogen and oxygen atoms in total. The van der Waals surface area contributed by atoms with Crippen molar-refractivity contribution < 1.29 is 9.53 Å². The van der Waals surface area contributed by atoms with Gasteiger partial charge in [0.1, 0.15) is 5.01 Å². The molecule has 0 spiro atoms. The third-order valence-corrected chi connectivity index (χ3v) is 3.68. The second-order valence-electron chi connectivity index (χ2n) is 3.72. The molecule has 80 valence electrons. The van der Waals surface area contributed by atoms with Gasteiger partial charge in [-0.05, 0) is 12.1 Å². The van der Waals surface area contributed by atoms with Gasteiger partial charge in [0.25, 0.3) is 0 Å². The Morgan fingerprint density at radius 1 is 1.44 bits per heavy atom. The lowest BCUT2D eigenvalue weighted by molar-refractivity contribution is -0.139. The number of hydrogen-bond donors (Lipinski definition) is 0. The summed E-state index contributed by atoms with van der Waals surface area (Å²) in [6.45, 7) is 3.67. The van der Waals surface area contributed by atoms with Crippen LogP contribution in [0.4, 0.5) is 0 Å². The Hall–Kier alpha value is -1.68. The van der Waals surface area contributed by atoms with Crippen LogP contribution >= 0.6 is 11.3 Å². The minimum absolute atomic E-state index is 0.239. The Bertz CT molecular complexity index is 538. The van der Waals surface area contributed by atoms with Gasteiger partial charge in [0.2, 0.25) is 0 Å². The summed E-state index contributed by atoms with van der Waals surface area (Å²) in [5.74, 6) is -0.302. The van der Waals surface area contributed by atoms with Gasteiger partial charge in [-0.25, -0.2) is 9.78 Å². The minimum atomic E-state index is -0.302. The third-order valence-electron chi connectivity index (χ3n) is 2.56. The van der Waals surface area contributed by atoms with E-state index in [4.69, 9.17) is 4.74 Å². The molecule has 0 bridgehead atoms. The number of nitrogens with zero attached hydrogens (tertiary/aromatic N) is 1. The summed E-state index contributed by atoms with van der Waals surface area (Å²) in [4.78, 5) is 15.7. The molecule has 2 aromatic rings. The number of rotatable bonds is 1. The average Bonchev–Trinajstić information content (AvgIpc) is 2.83. The summed E-state index contributed by atoms with van der Waals surface area (Å²) in [6, 6.07) is 7.90. The normalized spacial score (nSPS) is 20.4. The van der Waals surface area contributed by atoms with Gasteiger partial charge in [0.05, 0.1) is 10.2 Å². The maximum Gasteiger partial charge on any atom is 0.334 e. The van der Waals surface area contributed by atoms with Crippen molar-refractivity contribution in [2.75, 3.05) is 0 Å². The van der Waals surface area contributed by atoms with Gasteiger partial charge in [0.15, 0.2) is 6.10 Å². The van der Waals surface area contributed by atoms with Gasteiger partial charge >= 0.3 is 5.97 Å². The van der Waals surface area contributed by atoms with Crippen LogP contribution in [-0.2, 0) is 9.53 Å². The zero-order valence-corrected chi connectivity index (χ0v) is 9.29. The van der Waals surface area contributed by atoms with Crippen LogP contribution in [-0.4, -0.2) is 11.0 Å². The first kappa shape index (κ1) is 9.54. The van der Waals surface area contributed by atoms with Crippen LogP contribution in [0.2, 0.25) is 0 Å². The number of carbonyl (C=O) groups is 1. The summed E-state index contributed by atoms with van der Waals surface area (Å²) in [6.07, 6.45) is 0.316.